The number of ether oxygens (including phenoxy) is 1. The number of amides is 1. The summed E-state index contributed by atoms with van der Waals surface area (Å²) in [6.07, 6.45) is 2.50. The quantitative estimate of drug-likeness (QED) is 0.842. The SMILES string of the molecule is CCc1cc(NC(C(=O)N2CCOCC2)C(C)C)nc(-c2ccccn2)n1. The number of rotatable bonds is 6. The predicted molar refractivity (Wildman–Crippen MR) is 104 cm³/mol. The van der Waals surface area contributed by atoms with E-state index in [0.717, 1.165) is 17.8 Å². The second kappa shape index (κ2) is 8.90. The summed E-state index contributed by atoms with van der Waals surface area (Å²) in [5, 5.41) is 3.35. The van der Waals surface area contributed by atoms with E-state index >= 15 is 0 Å². The number of anilines is 1. The zero-order chi connectivity index (χ0) is 19.2. The summed E-state index contributed by atoms with van der Waals surface area (Å²) >= 11 is 0. The van der Waals surface area contributed by atoms with E-state index in [0.29, 0.717) is 37.9 Å². The van der Waals surface area contributed by atoms with Crippen molar-refractivity contribution in [2.75, 3.05) is 31.6 Å². The molecule has 3 rings (SSSR count). The van der Waals surface area contributed by atoms with Gasteiger partial charge in [-0.2, -0.15) is 0 Å². The van der Waals surface area contributed by atoms with Gasteiger partial charge in [-0.3, -0.25) is 9.78 Å². The molecule has 1 fully saturated rings. The molecular formula is C20H27N5O2. The van der Waals surface area contributed by atoms with Crippen molar-refractivity contribution in [2.24, 2.45) is 5.92 Å². The molecular weight excluding hydrogens is 342 g/mol. The lowest BCUT2D eigenvalue weighted by molar-refractivity contribution is -0.137. The maximum absolute atomic E-state index is 13.0. The summed E-state index contributed by atoms with van der Waals surface area (Å²) in [7, 11) is 0. The Bertz CT molecular complexity index is 760. The van der Waals surface area contributed by atoms with Crippen molar-refractivity contribution in [3.63, 3.8) is 0 Å². The number of carbonyl (C=O) groups is 1. The maximum Gasteiger partial charge on any atom is 0.245 e. The first-order valence-corrected chi connectivity index (χ1v) is 9.51. The number of hydrogen-bond donors (Lipinski definition) is 1. The molecule has 0 aliphatic carbocycles. The van der Waals surface area contributed by atoms with Gasteiger partial charge in [-0.1, -0.05) is 26.8 Å². The van der Waals surface area contributed by atoms with Crippen LogP contribution >= 0.6 is 0 Å². The molecule has 1 N–H and O–H groups in total. The molecule has 1 atom stereocenters. The highest BCUT2D eigenvalue weighted by Crippen LogP contribution is 2.19. The van der Waals surface area contributed by atoms with Crippen LogP contribution in [0.1, 0.15) is 26.5 Å². The van der Waals surface area contributed by atoms with Gasteiger partial charge >= 0.3 is 0 Å². The number of morpholine rings is 1. The number of nitrogens with one attached hydrogen (secondary N) is 1. The number of aryl methyl sites for hydroxylation is 1. The van der Waals surface area contributed by atoms with Crippen LogP contribution in [0.25, 0.3) is 11.5 Å². The van der Waals surface area contributed by atoms with E-state index in [1.807, 2.05) is 49.9 Å². The highest BCUT2D eigenvalue weighted by molar-refractivity contribution is 5.85. The molecule has 7 heteroatoms. The van der Waals surface area contributed by atoms with Crippen molar-refractivity contribution < 1.29 is 9.53 Å². The van der Waals surface area contributed by atoms with Crippen LogP contribution in [0.4, 0.5) is 5.82 Å². The number of pyridine rings is 1. The van der Waals surface area contributed by atoms with Crippen LogP contribution < -0.4 is 5.32 Å². The molecule has 0 spiro atoms. The Balaban J connectivity index is 1.86. The van der Waals surface area contributed by atoms with E-state index in [1.54, 1.807) is 6.20 Å². The van der Waals surface area contributed by atoms with Crippen molar-refractivity contribution in [2.45, 2.75) is 33.2 Å². The Hall–Kier alpha value is -2.54. The van der Waals surface area contributed by atoms with Gasteiger partial charge in [0, 0.05) is 31.0 Å². The van der Waals surface area contributed by atoms with E-state index in [1.165, 1.54) is 0 Å². The van der Waals surface area contributed by atoms with Gasteiger partial charge in [-0.15, -0.1) is 0 Å². The minimum absolute atomic E-state index is 0.0874. The predicted octanol–water partition coefficient (Wildman–Crippen LogP) is 2.40. The smallest absolute Gasteiger partial charge is 0.245 e. The van der Waals surface area contributed by atoms with Gasteiger partial charge < -0.3 is 15.0 Å². The molecule has 1 aliphatic rings. The van der Waals surface area contributed by atoms with Gasteiger partial charge in [0.15, 0.2) is 5.82 Å². The Labute approximate surface area is 160 Å². The molecule has 0 saturated carbocycles. The number of aromatic nitrogens is 3. The molecule has 1 aliphatic heterocycles. The van der Waals surface area contributed by atoms with Crippen LogP contribution in [0.5, 0.6) is 0 Å². The maximum atomic E-state index is 13.0. The Kier molecular flexibility index (Phi) is 6.34. The summed E-state index contributed by atoms with van der Waals surface area (Å²) in [6, 6.07) is 7.23. The van der Waals surface area contributed by atoms with Gasteiger partial charge in [0.25, 0.3) is 0 Å². The molecule has 144 valence electrons. The first kappa shape index (κ1) is 19.2. The summed E-state index contributed by atoms with van der Waals surface area (Å²) in [4.78, 5) is 28.4. The molecule has 3 heterocycles. The minimum Gasteiger partial charge on any atom is -0.378 e. The van der Waals surface area contributed by atoms with Gasteiger partial charge in [0.1, 0.15) is 17.6 Å². The fraction of sp³-hybridized carbons (Fsp3) is 0.500. The zero-order valence-electron chi connectivity index (χ0n) is 16.2. The first-order chi connectivity index (χ1) is 13.1. The topological polar surface area (TPSA) is 80.2 Å². The second-order valence-corrected chi connectivity index (χ2v) is 6.94. The van der Waals surface area contributed by atoms with Gasteiger partial charge in [-0.25, -0.2) is 9.97 Å². The fourth-order valence-corrected chi connectivity index (χ4v) is 3.02. The van der Waals surface area contributed by atoms with E-state index < -0.39 is 0 Å². The van der Waals surface area contributed by atoms with Crippen LogP contribution in [0.15, 0.2) is 30.5 Å². The van der Waals surface area contributed by atoms with Crippen molar-refractivity contribution in [1.29, 1.82) is 0 Å². The number of nitrogens with zero attached hydrogens (tertiary/aromatic N) is 4. The molecule has 27 heavy (non-hydrogen) atoms. The Morgan fingerprint density at radius 2 is 2.04 bits per heavy atom. The first-order valence-electron chi connectivity index (χ1n) is 9.51. The highest BCUT2D eigenvalue weighted by atomic mass is 16.5. The van der Waals surface area contributed by atoms with Crippen molar-refractivity contribution in [3.05, 3.63) is 36.2 Å². The van der Waals surface area contributed by atoms with Crippen LogP contribution in [0.2, 0.25) is 0 Å². The lowest BCUT2D eigenvalue weighted by Crippen LogP contribution is -2.50. The fourth-order valence-electron chi connectivity index (χ4n) is 3.02. The average molecular weight is 369 g/mol. The Morgan fingerprint density at radius 3 is 2.67 bits per heavy atom. The van der Waals surface area contributed by atoms with E-state index in [9.17, 15) is 4.79 Å². The van der Waals surface area contributed by atoms with Crippen LogP contribution in [0, 0.1) is 5.92 Å². The second-order valence-electron chi connectivity index (χ2n) is 6.94. The third-order valence-corrected chi connectivity index (χ3v) is 4.59. The molecule has 7 nitrogen and oxygen atoms in total. The molecule has 1 unspecified atom stereocenters. The Morgan fingerprint density at radius 1 is 1.26 bits per heavy atom. The summed E-state index contributed by atoms with van der Waals surface area (Å²) in [5.41, 5.74) is 1.63. The van der Waals surface area contributed by atoms with Gasteiger partial charge in [0.2, 0.25) is 5.91 Å². The summed E-state index contributed by atoms with van der Waals surface area (Å²) in [5.74, 6) is 1.43. The largest absolute Gasteiger partial charge is 0.378 e. The van der Waals surface area contributed by atoms with E-state index in [4.69, 9.17) is 4.74 Å². The van der Waals surface area contributed by atoms with Crippen molar-refractivity contribution >= 4 is 11.7 Å². The minimum atomic E-state index is -0.348. The molecule has 2 aromatic rings. The normalized spacial score (nSPS) is 15.6. The standard InChI is InChI=1S/C20H27N5O2/c1-4-15-13-17(24-19(22-15)16-7-5-6-8-21-16)23-18(14(2)3)20(26)25-9-11-27-12-10-25/h5-8,13-14,18H,4,9-12H2,1-3H3,(H,22,23,24). The van der Waals surface area contributed by atoms with E-state index in [2.05, 4.69) is 20.3 Å². The average Bonchev–Trinajstić information content (AvgIpc) is 2.72. The van der Waals surface area contributed by atoms with Crippen LogP contribution in [0.3, 0.4) is 0 Å². The monoisotopic (exact) mass is 369 g/mol. The molecule has 1 amide bonds. The van der Waals surface area contributed by atoms with Crippen molar-refractivity contribution in [1.82, 2.24) is 19.9 Å². The van der Waals surface area contributed by atoms with Crippen molar-refractivity contribution in [3.8, 4) is 11.5 Å². The molecule has 0 bridgehead atoms. The summed E-state index contributed by atoms with van der Waals surface area (Å²) < 4.78 is 5.36. The zero-order valence-corrected chi connectivity index (χ0v) is 16.2. The number of hydrogen-bond acceptors (Lipinski definition) is 6. The van der Waals surface area contributed by atoms with E-state index in [-0.39, 0.29) is 17.9 Å². The lowest BCUT2D eigenvalue weighted by atomic mass is 10.0. The van der Waals surface area contributed by atoms with Crippen LogP contribution in [-0.4, -0.2) is 58.1 Å². The highest BCUT2D eigenvalue weighted by Gasteiger charge is 2.28. The van der Waals surface area contributed by atoms with Gasteiger partial charge in [0.05, 0.1) is 13.2 Å². The number of carbonyl (C=O) groups excluding carboxylic acids is 1. The third-order valence-electron chi connectivity index (χ3n) is 4.59. The molecule has 1 saturated heterocycles. The van der Waals surface area contributed by atoms with Gasteiger partial charge in [-0.05, 0) is 24.5 Å². The summed E-state index contributed by atoms with van der Waals surface area (Å²) in [6.45, 7) is 8.57. The third kappa shape index (κ3) is 4.80. The lowest BCUT2D eigenvalue weighted by Gasteiger charge is -2.32. The molecule has 0 aromatic carbocycles. The van der Waals surface area contributed by atoms with Crippen LogP contribution in [-0.2, 0) is 16.0 Å². The molecule has 0 radical (unpaired) electrons. The molecule has 2 aromatic heterocycles.